The van der Waals surface area contributed by atoms with E-state index in [0.717, 1.165) is 6.08 Å². The second kappa shape index (κ2) is 3.91. The molecule has 0 saturated carbocycles. The van der Waals surface area contributed by atoms with Crippen LogP contribution in [0.4, 0.5) is 0 Å². The van der Waals surface area contributed by atoms with Crippen molar-refractivity contribution in [2.24, 2.45) is 0 Å². The first-order valence-corrected chi connectivity index (χ1v) is 4.02. The molecule has 0 saturated heterocycles. The Hall–Kier alpha value is -2.18. The smallest absolute Gasteiger partial charge is 0.394 e. The van der Waals surface area contributed by atoms with Crippen LogP contribution in [0.5, 0.6) is 0 Å². The van der Waals surface area contributed by atoms with Crippen LogP contribution in [0, 0.1) is 10.1 Å². The summed E-state index contributed by atoms with van der Waals surface area (Å²) in [6, 6.07) is 0. The van der Waals surface area contributed by atoms with Gasteiger partial charge < -0.3 is 5.11 Å². The average molecular weight is 212 g/mol. The number of nitrogens with zero attached hydrogens (tertiary/aromatic N) is 1. The van der Waals surface area contributed by atoms with Crippen molar-refractivity contribution in [3.05, 3.63) is 34.4 Å². The lowest BCUT2D eigenvalue weighted by atomic mass is 10.0. The first-order valence-electron chi connectivity index (χ1n) is 4.02. The summed E-state index contributed by atoms with van der Waals surface area (Å²) >= 11 is 0. The van der Waals surface area contributed by atoms with Gasteiger partial charge in [0.05, 0.1) is 11.3 Å². The molecule has 0 aromatic rings. The summed E-state index contributed by atoms with van der Waals surface area (Å²) in [7, 11) is 0. The second-order valence-electron chi connectivity index (χ2n) is 2.93. The van der Waals surface area contributed by atoms with E-state index >= 15 is 0 Å². The molecular formula is C8H8N2O5. The zero-order chi connectivity index (χ0) is 11.5. The maximum atomic E-state index is 10.8. The van der Waals surface area contributed by atoms with Crippen molar-refractivity contribution >= 4 is 11.9 Å². The summed E-state index contributed by atoms with van der Waals surface area (Å²) < 4.78 is 0. The van der Waals surface area contributed by atoms with Gasteiger partial charge in [0.25, 0.3) is 0 Å². The minimum Gasteiger partial charge on any atom is -0.474 e. The lowest BCUT2D eigenvalue weighted by molar-refractivity contribution is -0.559. The molecule has 0 heterocycles. The minimum atomic E-state index is -1.84. The highest BCUT2D eigenvalue weighted by Crippen LogP contribution is 2.18. The predicted octanol–water partition coefficient (Wildman–Crippen LogP) is -0.324. The largest absolute Gasteiger partial charge is 0.474 e. The number of carbonyl (C=O) groups excluding carboxylic acids is 1. The molecule has 80 valence electrons. The molecule has 0 radical (unpaired) electrons. The molecule has 0 aromatic heterocycles. The van der Waals surface area contributed by atoms with E-state index in [9.17, 15) is 19.7 Å². The van der Waals surface area contributed by atoms with E-state index in [1.807, 2.05) is 5.32 Å². The molecule has 2 N–H and O–H groups in total. The van der Waals surface area contributed by atoms with E-state index in [1.165, 1.54) is 12.2 Å². The van der Waals surface area contributed by atoms with Crippen LogP contribution < -0.4 is 5.32 Å². The van der Waals surface area contributed by atoms with Gasteiger partial charge >= 0.3 is 17.5 Å². The van der Waals surface area contributed by atoms with Crippen LogP contribution in [0.25, 0.3) is 0 Å². The lowest BCUT2D eigenvalue weighted by Crippen LogP contribution is -2.55. The molecule has 1 aliphatic carbocycles. The number of hydrogen-bond acceptors (Lipinski definition) is 4. The fourth-order valence-electron chi connectivity index (χ4n) is 1.13. The fraction of sp³-hybridized carbons (Fsp3) is 0.250. The van der Waals surface area contributed by atoms with Crippen molar-refractivity contribution in [3.8, 4) is 0 Å². The first kappa shape index (κ1) is 10.9. The molecule has 15 heavy (non-hydrogen) atoms. The molecule has 0 spiro atoms. The van der Waals surface area contributed by atoms with E-state index in [0.29, 0.717) is 0 Å². The highest BCUT2D eigenvalue weighted by molar-refractivity contribution is 6.31. The number of allylic oxidation sites excluding steroid dienone is 2. The Morgan fingerprint density at radius 2 is 2.13 bits per heavy atom. The van der Waals surface area contributed by atoms with E-state index in [4.69, 9.17) is 5.11 Å². The number of aliphatic carboxylic acids is 1. The highest BCUT2D eigenvalue weighted by Gasteiger charge is 2.42. The number of hydrogen-bond donors (Lipinski definition) is 2. The first-order chi connectivity index (χ1) is 6.98. The van der Waals surface area contributed by atoms with Crippen molar-refractivity contribution in [1.82, 2.24) is 5.32 Å². The van der Waals surface area contributed by atoms with Gasteiger partial charge in [-0.2, -0.15) is 0 Å². The molecule has 0 bridgehead atoms. The number of carboxylic acid groups (broad SMARTS) is 1. The van der Waals surface area contributed by atoms with E-state index in [-0.39, 0.29) is 6.42 Å². The Kier molecular flexibility index (Phi) is 2.84. The van der Waals surface area contributed by atoms with Gasteiger partial charge in [0.15, 0.2) is 0 Å². The molecule has 0 aliphatic heterocycles. The molecule has 1 aliphatic rings. The monoisotopic (exact) mass is 212 g/mol. The average Bonchev–Trinajstić information content (AvgIpc) is 2.18. The van der Waals surface area contributed by atoms with Gasteiger partial charge in [0.1, 0.15) is 0 Å². The zero-order valence-electron chi connectivity index (χ0n) is 7.54. The number of nitro groups is 1. The summed E-state index contributed by atoms with van der Waals surface area (Å²) in [6.45, 7) is 0. The third-order valence-electron chi connectivity index (χ3n) is 1.90. The summed E-state index contributed by atoms with van der Waals surface area (Å²) in [4.78, 5) is 31.1. The van der Waals surface area contributed by atoms with Crippen LogP contribution in [0.15, 0.2) is 24.3 Å². The van der Waals surface area contributed by atoms with E-state index < -0.39 is 22.5 Å². The highest BCUT2D eigenvalue weighted by atomic mass is 16.6. The van der Waals surface area contributed by atoms with E-state index in [2.05, 4.69) is 0 Å². The van der Waals surface area contributed by atoms with Crippen LogP contribution in [0.2, 0.25) is 0 Å². The topological polar surface area (TPSA) is 110 Å². The second-order valence-corrected chi connectivity index (χ2v) is 2.93. The summed E-state index contributed by atoms with van der Waals surface area (Å²) in [5.74, 6) is -3.15. The maximum Gasteiger partial charge on any atom is 0.394 e. The van der Waals surface area contributed by atoms with Crippen LogP contribution in [-0.4, -0.2) is 27.6 Å². The number of nitrogens with one attached hydrogen (secondary N) is 1. The minimum absolute atomic E-state index is 0.0739. The molecule has 7 heteroatoms. The Morgan fingerprint density at radius 3 is 2.53 bits per heavy atom. The zero-order valence-corrected chi connectivity index (χ0v) is 7.54. The van der Waals surface area contributed by atoms with Crippen molar-refractivity contribution < 1.29 is 19.6 Å². The van der Waals surface area contributed by atoms with Crippen molar-refractivity contribution in [2.75, 3.05) is 0 Å². The van der Waals surface area contributed by atoms with Crippen molar-refractivity contribution in [3.63, 3.8) is 0 Å². The van der Waals surface area contributed by atoms with Crippen LogP contribution in [-0.2, 0) is 9.59 Å². The number of carbonyl (C=O) groups is 2. The van der Waals surface area contributed by atoms with Gasteiger partial charge in [-0.3, -0.25) is 20.2 Å². The normalized spacial score (nSPS) is 23.5. The van der Waals surface area contributed by atoms with Crippen LogP contribution in [0.3, 0.4) is 0 Å². The molecule has 7 nitrogen and oxygen atoms in total. The molecule has 1 atom stereocenters. The lowest BCUT2D eigenvalue weighted by Gasteiger charge is -2.22. The third-order valence-corrected chi connectivity index (χ3v) is 1.90. The molecular weight excluding hydrogens is 204 g/mol. The van der Waals surface area contributed by atoms with Crippen molar-refractivity contribution in [2.45, 2.75) is 12.1 Å². The van der Waals surface area contributed by atoms with Gasteiger partial charge in [-0.25, -0.2) is 4.79 Å². The Bertz CT molecular complexity index is 373. The number of carboxylic acids is 1. The number of rotatable bonds is 2. The predicted molar refractivity (Wildman–Crippen MR) is 48.4 cm³/mol. The molecule has 1 rings (SSSR count). The third kappa shape index (κ3) is 2.19. The van der Waals surface area contributed by atoms with Gasteiger partial charge in [0, 0.05) is 6.08 Å². The maximum absolute atomic E-state index is 10.8. The summed E-state index contributed by atoms with van der Waals surface area (Å²) in [5, 5.41) is 20.9. The van der Waals surface area contributed by atoms with Gasteiger partial charge in [-0.05, 0) is 0 Å². The van der Waals surface area contributed by atoms with Crippen LogP contribution >= 0.6 is 0 Å². The molecule has 1 amide bonds. The van der Waals surface area contributed by atoms with Crippen LogP contribution in [0.1, 0.15) is 6.42 Å². The Morgan fingerprint density at radius 1 is 1.47 bits per heavy atom. The van der Waals surface area contributed by atoms with Gasteiger partial charge in [0.2, 0.25) is 0 Å². The van der Waals surface area contributed by atoms with E-state index in [1.54, 1.807) is 6.08 Å². The quantitative estimate of drug-likeness (QED) is 0.282. The standard InChI is InChI=1S/C8H8N2O5/c11-6(7(12)13)9-8(10(14)15)4-2-1-3-5-8/h1-4H,5H2,(H,9,11)(H,12,13). The molecule has 0 fully saturated rings. The Labute approximate surface area is 84.2 Å². The SMILES string of the molecule is O=C(O)C(=O)NC1([N+](=O)[O-])C=CC=CC1. The fourth-order valence-corrected chi connectivity index (χ4v) is 1.13. The van der Waals surface area contributed by atoms with Crippen molar-refractivity contribution in [1.29, 1.82) is 0 Å². The molecule has 1 unspecified atom stereocenters. The molecule has 0 aromatic carbocycles. The van der Waals surface area contributed by atoms with Gasteiger partial charge in [-0.1, -0.05) is 18.2 Å². The van der Waals surface area contributed by atoms with Gasteiger partial charge in [-0.15, -0.1) is 0 Å². The number of amides is 1. The Balaban J connectivity index is 2.89. The summed E-state index contributed by atoms with van der Waals surface area (Å²) in [6.07, 6.45) is 5.51. The summed E-state index contributed by atoms with van der Waals surface area (Å²) in [5.41, 5.74) is -1.84.